The molecule has 35 heavy (non-hydrogen) atoms. The van der Waals surface area contributed by atoms with Gasteiger partial charge in [-0.2, -0.15) is 0 Å². The third-order valence-electron chi connectivity index (χ3n) is 5.57. The highest BCUT2D eigenvalue weighted by Crippen LogP contribution is 2.32. The number of hydrogen-bond acceptors (Lipinski definition) is 7. The van der Waals surface area contributed by atoms with Crippen LogP contribution in [0, 0.1) is 0 Å². The summed E-state index contributed by atoms with van der Waals surface area (Å²) in [7, 11) is 1.61. The molecule has 176 valence electrons. The molecule has 0 saturated heterocycles. The molecule has 0 saturated carbocycles. The summed E-state index contributed by atoms with van der Waals surface area (Å²) >= 11 is 0. The van der Waals surface area contributed by atoms with Gasteiger partial charge in [0.2, 0.25) is 0 Å². The summed E-state index contributed by atoms with van der Waals surface area (Å²) < 4.78 is 27.7. The highest BCUT2D eigenvalue weighted by atomic mass is 16.5. The first-order valence-electron chi connectivity index (χ1n) is 11.1. The van der Waals surface area contributed by atoms with E-state index in [1.165, 1.54) is 6.07 Å². The van der Waals surface area contributed by atoms with Gasteiger partial charge in [0, 0.05) is 28.5 Å². The third kappa shape index (κ3) is 4.48. The Morgan fingerprint density at radius 2 is 1.66 bits per heavy atom. The number of para-hydroxylation sites is 1. The summed E-state index contributed by atoms with van der Waals surface area (Å²) in [5, 5.41) is 1.27. The van der Waals surface area contributed by atoms with Crippen molar-refractivity contribution in [3.8, 4) is 28.4 Å². The molecule has 0 bridgehead atoms. The second kappa shape index (κ2) is 9.38. The molecule has 7 heteroatoms. The molecule has 0 atom stereocenters. The van der Waals surface area contributed by atoms with Crippen LogP contribution in [0.2, 0.25) is 0 Å². The zero-order valence-electron chi connectivity index (χ0n) is 19.2. The Balaban J connectivity index is 1.54. The highest BCUT2D eigenvalue weighted by molar-refractivity contribution is 5.96. The summed E-state index contributed by atoms with van der Waals surface area (Å²) in [6, 6.07) is 21.1. The Kier molecular flexibility index (Phi) is 5.97. The standard InChI is InChI=1S/C28H22O7/c1-3-32-24-9-5-7-18-13-23(28(30)35-27(18)24)22-15-26(29)34-25-14-20(10-11-21(22)25)33-16-17-6-4-8-19(12-17)31-2/h4-15H,3,16H2,1-2H3. The van der Waals surface area contributed by atoms with Crippen molar-refractivity contribution >= 4 is 21.9 Å². The van der Waals surface area contributed by atoms with Gasteiger partial charge in [-0.25, -0.2) is 9.59 Å². The molecular formula is C28H22O7. The Bertz CT molecular complexity index is 1650. The quantitative estimate of drug-likeness (QED) is 0.288. The fourth-order valence-corrected chi connectivity index (χ4v) is 3.96. The van der Waals surface area contributed by atoms with Crippen LogP contribution < -0.4 is 25.5 Å². The molecule has 5 aromatic rings. The molecule has 2 heterocycles. The first-order valence-corrected chi connectivity index (χ1v) is 11.1. The van der Waals surface area contributed by atoms with Crippen molar-refractivity contribution in [2.24, 2.45) is 0 Å². The van der Waals surface area contributed by atoms with E-state index >= 15 is 0 Å². The lowest BCUT2D eigenvalue weighted by Gasteiger charge is -2.10. The predicted octanol–water partition coefficient (Wildman–Crippen LogP) is 5.55. The molecule has 0 radical (unpaired) electrons. The number of benzene rings is 3. The van der Waals surface area contributed by atoms with Gasteiger partial charge in [-0.3, -0.25) is 0 Å². The molecule has 0 fully saturated rings. The number of methoxy groups -OCH3 is 1. The van der Waals surface area contributed by atoms with Crippen LogP contribution in [0.5, 0.6) is 17.2 Å². The van der Waals surface area contributed by atoms with Crippen LogP contribution in [0.4, 0.5) is 0 Å². The van der Waals surface area contributed by atoms with E-state index in [4.69, 9.17) is 23.0 Å². The van der Waals surface area contributed by atoms with E-state index in [0.717, 1.165) is 11.3 Å². The van der Waals surface area contributed by atoms with Gasteiger partial charge in [0.1, 0.15) is 23.7 Å². The zero-order chi connectivity index (χ0) is 24.4. The molecule has 0 spiro atoms. The van der Waals surface area contributed by atoms with Gasteiger partial charge in [0.05, 0.1) is 19.3 Å². The van der Waals surface area contributed by atoms with Gasteiger partial charge in [-0.15, -0.1) is 0 Å². The lowest BCUT2D eigenvalue weighted by atomic mass is 10.0. The minimum atomic E-state index is -0.583. The van der Waals surface area contributed by atoms with Crippen LogP contribution in [0.1, 0.15) is 12.5 Å². The van der Waals surface area contributed by atoms with Crippen molar-refractivity contribution in [2.45, 2.75) is 13.5 Å². The van der Waals surface area contributed by atoms with Crippen LogP contribution in [-0.2, 0) is 6.61 Å². The second-order valence-electron chi connectivity index (χ2n) is 7.83. The molecule has 5 rings (SSSR count). The maximum Gasteiger partial charge on any atom is 0.344 e. The minimum absolute atomic E-state index is 0.258. The Hall–Kier alpha value is -4.52. The molecule has 0 aliphatic rings. The van der Waals surface area contributed by atoms with Gasteiger partial charge in [0.25, 0.3) is 0 Å². The second-order valence-corrected chi connectivity index (χ2v) is 7.83. The van der Waals surface area contributed by atoms with Crippen molar-refractivity contribution in [1.29, 1.82) is 0 Å². The molecule has 7 nitrogen and oxygen atoms in total. The monoisotopic (exact) mass is 470 g/mol. The minimum Gasteiger partial charge on any atom is -0.497 e. The summed E-state index contributed by atoms with van der Waals surface area (Å²) in [5.74, 6) is 1.75. The molecule has 0 amide bonds. The number of ether oxygens (including phenoxy) is 3. The average molecular weight is 470 g/mol. The summed E-state index contributed by atoms with van der Waals surface area (Å²) in [6.45, 7) is 2.61. The SMILES string of the molecule is CCOc1cccc2cc(-c3cc(=O)oc4cc(OCc5cccc(OC)c5)ccc34)c(=O)oc12. The number of rotatable bonds is 7. The first kappa shape index (κ1) is 22.3. The van der Waals surface area contributed by atoms with E-state index < -0.39 is 11.3 Å². The van der Waals surface area contributed by atoms with E-state index in [0.29, 0.717) is 52.2 Å². The van der Waals surface area contributed by atoms with Crippen LogP contribution in [0.3, 0.4) is 0 Å². The van der Waals surface area contributed by atoms with Crippen molar-refractivity contribution in [1.82, 2.24) is 0 Å². The highest BCUT2D eigenvalue weighted by Gasteiger charge is 2.16. The van der Waals surface area contributed by atoms with Crippen LogP contribution in [0.15, 0.2) is 91.2 Å². The molecule has 2 aromatic heterocycles. The molecular weight excluding hydrogens is 448 g/mol. The number of hydrogen-bond donors (Lipinski definition) is 0. The Morgan fingerprint density at radius 1 is 0.800 bits per heavy atom. The normalized spacial score (nSPS) is 11.0. The lowest BCUT2D eigenvalue weighted by molar-refractivity contribution is 0.305. The Morgan fingerprint density at radius 3 is 2.49 bits per heavy atom. The molecule has 0 aliphatic carbocycles. The van der Waals surface area contributed by atoms with E-state index in [1.807, 2.05) is 43.3 Å². The maximum atomic E-state index is 12.9. The zero-order valence-corrected chi connectivity index (χ0v) is 19.2. The van der Waals surface area contributed by atoms with E-state index in [9.17, 15) is 9.59 Å². The fourth-order valence-electron chi connectivity index (χ4n) is 3.96. The largest absolute Gasteiger partial charge is 0.497 e. The van der Waals surface area contributed by atoms with Gasteiger partial charge in [-0.05, 0) is 48.9 Å². The van der Waals surface area contributed by atoms with Crippen LogP contribution in [0.25, 0.3) is 33.1 Å². The summed E-state index contributed by atoms with van der Waals surface area (Å²) in [4.78, 5) is 25.3. The molecule has 3 aromatic carbocycles. The van der Waals surface area contributed by atoms with E-state index in [1.54, 1.807) is 37.4 Å². The summed E-state index contributed by atoms with van der Waals surface area (Å²) in [5.41, 5.74) is 1.12. The van der Waals surface area contributed by atoms with Gasteiger partial charge < -0.3 is 23.0 Å². The van der Waals surface area contributed by atoms with Gasteiger partial charge in [0.15, 0.2) is 11.3 Å². The third-order valence-corrected chi connectivity index (χ3v) is 5.57. The van der Waals surface area contributed by atoms with E-state index in [2.05, 4.69) is 0 Å². The summed E-state index contributed by atoms with van der Waals surface area (Å²) in [6.07, 6.45) is 0. The lowest BCUT2D eigenvalue weighted by Crippen LogP contribution is -2.07. The van der Waals surface area contributed by atoms with Crippen molar-refractivity contribution in [3.05, 3.63) is 99.2 Å². The van der Waals surface area contributed by atoms with E-state index in [-0.39, 0.29) is 5.56 Å². The predicted molar refractivity (Wildman–Crippen MR) is 132 cm³/mol. The van der Waals surface area contributed by atoms with Gasteiger partial charge in [-0.1, -0.05) is 24.3 Å². The topological polar surface area (TPSA) is 88.1 Å². The van der Waals surface area contributed by atoms with Crippen molar-refractivity contribution in [2.75, 3.05) is 13.7 Å². The molecule has 0 unspecified atom stereocenters. The maximum absolute atomic E-state index is 12.9. The fraction of sp³-hybridized carbons (Fsp3) is 0.143. The molecule has 0 N–H and O–H groups in total. The van der Waals surface area contributed by atoms with Crippen LogP contribution >= 0.6 is 0 Å². The van der Waals surface area contributed by atoms with Crippen molar-refractivity contribution < 1.29 is 23.0 Å². The molecule has 0 aliphatic heterocycles. The first-order chi connectivity index (χ1) is 17.1. The average Bonchev–Trinajstić information content (AvgIpc) is 2.87. The smallest absolute Gasteiger partial charge is 0.344 e. The number of fused-ring (bicyclic) bond motifs is 2. The van der Waals surface area contributed by atoms with Crippen LogP contribution in [-0.4, -0.2) is 13.7 Å². The Labute approximate surface area is 200 Å². The van der Waals surface area contributed by atoms with Crippen molar-refractivity contribution in [3.63, 3.8) is 0 Å². The van der Waals surface area contributed by atoms with Gasteiger partial charge >= 0.3 is 11.3 Å².